The van der Waals surface area contributed by atoms with E-state index in [1.54, 1.807) is 6.92 Å². The molecule has 64 valence electrons. The van der Waals surface area contributed by atoms with Crippen molar-refractivity contribution in [3.8, 4) is 0 Å². The standard InChI is InChI=1S/C8H8O.CHClO/c1-7(9)8-5-3-2-4-6-8;2-1-3/h2-6H,1H3;1H. The van der Waals surface area contributed by atoms with Crippen LogP contribution >= 0.6 is 11.6 Å². The van der Waals surface area contributed by atoms with Gasteiger partial charge in [0.1, 0.15) is 0 Å². The maximum absolute atomic E-state index is 10.6. The lowest BCUT2D eigenvalue weighted by atomic mass is 10.2. The SMILES string of the molecule is CC(=O)c1ccccc1.O=CCl. The van der Waals surface area contributed by atoms with Gasteiger partial charge in [-0.15, -0.1) is 0 Å². The molecule has 0 aliphatic rings. The van der Waals surface area contributed by atoms with E-state index in [0.717, 1.165) is 5.56 Å². The molecule has 0 aliphatic heterocycles. The summed E-state index contributed by atoms with van der Waals surface area (Å²) in [5.41, 5.74) is 0.775. The molecule has 0 radical (unpaired) electrons. The molecular formula is C9H9ClO2. The number of benzene rings is 1. The zero-order valence-electron chi connectivity index (χ0n) is 6.66. The van der Waals surface area contributed by atoms with Gasteiger partial charge in [0.15, 0.2) is 5.78 Å². The van der Waals surface area contributed by atoms with Crippen LogP contribution in [0.4, 0.5) is 0 Å². The Hall–Kier alpha value is -1.15. The molecule has 0 spiro atoms. The smallest absolute Gasteiger partial charge is 0.208 e. The molecule has 0 amide bonds. The molecule has 0 aliphatic carbocycles. The molecule has 2 nitrogen and oxygen atoms in total. The Morgan fingerprint density at radius 2 is 1.75 bits per heavy atom. The number of hydrogen-bond acceptors (Lipinski definition) is 2. The molecule has 12 heavy (non-hydrogen) atoms. The topological polar surface area (TPSA) is 34.1 Å². The number of carbonyl (C=O) groups is 2. The number of ketones is 1. The van der Waals surface area contributed by atoms with Crippen LogP contribution in [0.15, 0.2) is 30.3 Å². The van der Waals surface area contributed by atoms with Gasteiger partial charge in [-0.1, -0.05) is 30.3 Å². The van der Waals surface area contributed by atoms with E-state index in [1.165, 1.54) is 0 Å². The highest BCUT2D eigenvalue weighted by molar-refractivity contribution is 6.54. The Labute approximate surface area is 76.2 Å². The van der Waals surface area contributed by atoms with Gasteiger partial charge >= 0.3 is 0 Å². The van der Waals surface area contributed by atoms with Crippen LogP contribution in [0.2, 0.25) is 0 Å². The first-order valence-corrected chi connectivity index (χ1v) is 3.76. The van der Waals surface area contributed by atoms with E-state index in [0.29, 0.717) is 0 Å². The zero-order valence-corrected chi connectivity index (χ0v) is 7.41. The average molecular weight is 185 g/mol. The predicted molar refractivity (Wildman–Crippen MR) is 49.1 cm³/mol. The minimum atomic E-state index is 0.121. The lowest BCUT2D eigenvalue weighted by Gasteiger charge is -1.89. The maximum atomic E-state index is 10.6. The molecule has 0 saturated carbocycles. The summed E-state index contributed by atoms with van der Waals surface area (Å²) in [6.07, 6.45) is 0. The van der Waals surface area contributed by atoms with Gasteiger partial charge < -0.3 is 0 Å². The number of carbonyl (C=O) groups excluding carboxylic acids is 2. The molecule has 1 aromatic rings. The molecular weight excluding hydrogens is 176 g/mol. The fourth-order valence-corrected chi connectivity index (χ4v) is 0.673. The van der Waals surface area contributed by atoms with Gasteiger partial charge in [-0.25, -0.2) is 0 Å². The monoisotopic (exact) mass is 184 g/mol. The number of Topliss-reactive ketones (excluding diaryl/α,β-unsaturated/α-hetero) is 1. The van der Waals surface area contributed by atoms with Crippen molar-refractivity contribution in [1.82, 2.24) is 0 Å². The lowest BCUT2D eigenvalue weighted by Crippen LogP contribution is -1.88. The van der Waals surface area contributed by atoms with E-state index in [9.17, 15) is 4.79 Å². The van der Waals surface area contributed by atoms with Gasteiger partial charge in [-0.2, -0.15) is 0 Å². The normalized spacial score (nSPS) is 7.83. The van der Waals surface area contributed by atoms with Crippen molar-refractivity contribution in [2.24, 2.45) is 0 Å². The zero-order chi connectivity index (χ0) is 9.40. The van der Waals surface area contributed by atoms with E-state index in [4.69, 9.17) is 4.79 Å². The van der Waals surface area contributed by atoms with Gasteiger partial charge in [0.2, 0.25) is 5.75 Å². The minimum Gasteiger partial charge on any atom is -0.295 e. The second-order valence-corrected chi connectivity index (χ2v) is 2.19. The van der Waals surface area contributed by atoms with Gasteiger partial charge in [-0.3, -0.25) is 9.59 Å². The third-order valence-electron chi connectivity index (χ3n) is 1.18. The first-order chi connectivity index (χ1) is 5.72. The molecule has 0 bridgehead atoms. The Morgan fingerprint density at radius 1 is 1.33 bits per heavy atom. The first-order valence-electron chi connectivity index (χ1n) is 3.32. The quantitative estimate of drug-likeness (QED) is 0.381. The van der Waals surface area contributed by atoms with Crippen LogP contribution in [-0.4, -0.2) is 11.5 Å². The number of halogens is 1. The van der Waals surface area contributed by atoms with Crippen LogP contribution in [0.1, 0.15) is 17.3 Å². The fourth-order valence-electron chi connectivity index (χ4n) is 0.673. The first kappa shape index (κ1) is 10.8. The van der Waals surface area contributed by atoms with Crippen molar-refractivity contribution < 1.29 is 9.59 Å². The highest BCUT2D eigenvalue weighted by atomic mass is 35.5. The molecule has 0 N–H and O–H groups in total. The predicted octanol–water partition coefficient (Wildman–Crippen LogP) is 2.30. The second kappa shape index (κ2) is 6.55. The molecule has 0 atom stereocenters. The van der Waals surface area contributed by atoms with Crippen molar-refractivity contribution in [3.05, 3.63) is 35.9 Å². The summed E-state index contributed by atoms with van der Waals surface area (Å²) in [6.45, 7) is 1.56. The highest BCUT2D eigenvalue weighted by Crippen LogP contribution is 1.97. The van der Waals surface area contributed by atoms with Crippen LogP contribution in [0.5, 0.6) is 0 Å². The van der Waals surface area contributed by atoms with Crippen LogP contribution in [0, 0.1) is 0 Å². The van der Waals surface area contributed by atoms with Crippen LogP contribution in [-0.2, 0) is 4.79 Å². The molecule has 3 heteroatoms. The van der Waals surface area contributed by atoms with Crippen LogP contribution in [0.25, 0.3) is 0 Å². The van der Waals surface area contributed by atoms with E-state index in [2.05, 4.69) is 11.6 Å². The Bertz CT molecular complexity index is 244. The largest absolute Gasteiger partial charge is 0.295 e. The van der Waals surface area contributed by atoms with Gasteiger partial charge in [0.25, 0.3) is 0 Å². The lowest BCUT2D eigenvalue weighted by molar-refractivity contribution is 0.101. The number of rotatable bonds is 1. The average Bonchev–Trinajstić information content (AvgIpc) is 2.07. The number of hydrogen-bond donors (Lipinski definition) is 0. The fraction of sp³-hybridized carbons (Fsp3) is 0.111. The molecule has 0 fully saturated rings. The molecule has 0 unspecified atom stereocenters. The molecule has 0 heterocycles. The second-order valence-electron chi connectivity index (χ2n) is 2.01. The minimum absolute atomic E-state index is 0.121. The van der Waals surface area contributed by atoms with Crippen molar-refractivity contribution in [2.45, 2.75) is 6.92 Å². The van der Waals surface area contributed by atoms with Gasteiger partial charge in [0.05, 0.1) is 0 Å². The Balaban J connectivity index is 0.000000354. The Kier molecular flexibility index (Phi) is 5.93. The summed E-state index contributed by atoms with van der Waals surface area (Å²) in [4.78, 5) is 19.2. The summed E-state index contributed by atoms with van der Waals surface area (Å²) in [5, 5.41) is 0. The summed E-state index contributed by atoms with van der Waals surface area (Å²) in [6, 6.07) is 9.23. The maximum Gasteiger partial charge on any atom is 0.208 e. The molecule has 1 aromatic carbocycles. The van der Waals surface area contributed by atoms with Crippen molar-refractivity contribution in [1.29, 1.82) is 0 Å². The third-order valence-corrected chi connectivity index (χ3v) is 1.18. The van der Waals surface area contributed by atoms with Crippen LogP contribution < -0.4 is 0 Å². The van der Waals surface area contributed by atoms with E-state index >= 15 is 0 Å². The van der Waals surface area contributed by atoms with Crippen molar-refractivity contribution in [2.75, 3.05) is 0 Å². The van der Waals surface area contributed by atoms with Crippen molar-refractivity contribution >= 4 is 23.1 Å². The van der Waals surface area contributed by atoms with E-state index < -0.39 is 0 Å². The Morgan fingerprint density at radius 3 is 2.00 bits per heavy atom. The molecule has 0 aromatic heterocycles. The van der Waals surface area contributed by atoms with E-state index in [-0.39, 0.29) is 11.5 Å². The summed E-state index contributed by atoms with van der Waals surface area (Å²) in [7, 11) is 0. The van der Waals surface area contributed by atoms with Gasteiger partial charge in [-0.05, 0) is 18.5 Å². The van der Waals surface area contributed by atoms with E-state index in [1.807, 2.05) is 30.3 Å². The van der Waals surface area contributed by atoms with Crippen molar-refractivity contribution in [3.63, 3.8) is 0 Å². The van der Waals surface area contributed by atoms with Crippen LogP contribution in [0.3, 0.4) is 0 Å². The van der Waals surface area contributed by atoms with Gasteiger partial charge in [0, 0.05) is 5.56 Å². The summed E-state index contributed by atoms with van der Waals surface area (Å²) >= 11 is 4.32. The summed E-state index contributed by atoms with van der Waals surface area (Å²) in [5.74, 6) is 0.343. The highest BCUT2D eigenvalue weighted by Gasteiger charge is 1.92. The third kappa shape index (κ3) is 4.63. The molecule has 0 saturated heterocycles. The molecule has 1 rings (SSSR count). The summed E-state index contributed by atoms with van der Waals surface area (Å²) < 4.78 is 0.